The summed E-state index contributed by atoms with van der Waals surface area (Å²) in [6.45, 7) is 4.03. The minimum absolute atomic E-state index is 0.280. The third-order valence-corrected chi connectivity index (χ3v) is 4.30. The van der Waals surface area contributed by atoms with Gasteiger partial charge in [0.15, 0.2) is 0 Å². The SMILES string of the molecule is CCOC(=O)c1sc2cscc2c1C(=O)OCC. The average molecular weight is 284 g/mol. The molecule has 0 spiro atoms. The molecule has 4 nitrogen and oxygen atoms in total. The van der Waals surface area contributed by atoms with E-state index in [1.54, 1.807) is 13.8 Å². The van der Waals surface area contributed by atoms with Crippen LogP contribution < -0.4 is 0 Å². The summed E-state index contributed by atoms with van der Waals surface area (Å²) in [5.74, 6) is -0.933. The number of hydrogen-bond donors (Lipinski definition) is 0. The highest BCUT2D eigenvalue weighted by molar-refractivity contribution is 7.24. The second kappa shape index (κ2) is 5.49. The third kappa shape index (κ3) is 2.26. The van der Waals surface area contributed by atoms with Gasteiger partial charge < -0.3 is 9.47 Å². The number of fused-ring (bicyclic) bond motifs is 1. The summed E-state index contributed by atoms with van der Waals surface area (Å²) in [5, 5.41) is 4.53. The molecular weight excluding hydrogens is 272 g/mol. The summed E-state index contributed by atoms with van der Waals surface area (Å²) >= 11 is 2.76. The molecule has 0 amide bonds. The predicted octanol–water partition coefficient (Wildman–Crippen LogP) is 3.32. The molecule has 0 fully saturated rings. The van der Waals surface area contributed by atoms with Gasteiger partial charge in [-0.3, -0.25) is 0 Å². The van der Waals surface area contributed by atoms with Crippen molar-refractivity contribution in [2.45, 2.75) is 13.8 Å². The number of carbonyl (C=O) groups excluding carboxylic acids is 2. The molecule has 2 aromatic rings. The molecule has 0 atom stereocenters. The minimum Gasteiger partial charge on any atom is -0.462 e. The molecule has 0 radical (unpaired) electrons. The van der Waals surface area contributed by atoms with E-state index in [1.807, 2.05) is 10.8 Å². The first kappa shape index (κ1) is 13.0. The molecule has 0 aromatic carbocycles. The molecule has 2 rings (SSSR count). The lowest BCUT2D eigenvalue weighted by molar-refractivity contribution is 0.0485. The van der Waals surface area contributed by atoms with Crippen LogP contribution in [0.15, 0.2) is 10.8 Å². The lowest BCUT2D eigenvalue weighted by Gasteiger charge is -2.03. The van der Waals surface area contributed by atoms with Gasteiger partial charge in [-0.25, -0.2) is 9.59 Å². The molecule has 18 heavy (non-hydrogen) atoms. The Balaban J connectivity index is 2.51. The van der Waals surface area contributed by atoms with Gasteiger partial charge in [0.1, 0.15) is 4.88 Å². The fourth-order valence-corrected chi connectivity index (χ4v) is 3.64. The second-order valence-corrected chi connectivity index (χ2v) is 5.19. The average Bonchev–Trinajstić information content (AvgIpc) is 2.88. The number of rotatable bonds is 4. The first-order chi connectivity index (χ1) is 8.69. The topological polar surface area (TPSA) is 52.6 Å². The standard InChI is InChI=1S/C12H12O4S2/c1-3-15-11(13)9-7-5-17-6-8(7)18-10(9)12(14)16-4-2/h5-6H,3-4H2,1-2H3. The van der Waals surface area contributed by atoms with Gasteiger partial charge in [0.2, 0.25) is 0 Å². The summed E-state index contributed by atoms with van der Waals surface area (Å²) in [5.41, 5.74) is 0.330. The number of carbonyl (C=O) groups is 2. The molecule has 6 heteroatoms. The maximum absolute atomic E-state index is 11.9. The van der Waals surface area contributed by atoms with Crippen molar-refractivity contribution in [2.24, 2.45) is 0 Å². The monoisotopic (exact) mass is 284 g/mol. The Labute approximate surface area is 112 Å². The highest BCUT2D eigenvalue weighted by Gasteiger charge is 2.25. The van der Waals surface area contributed by atoms with E-state index >= 15 is 0 Å². The van der Waals surface area contributed by atoms with E-state index in [0.717, 1.165) is 10.1 Å². The molecule has 2 aromatic heterocycles. The van der Waals surface area contributed by atoms with E-state index in [0.29, 0.717) is 10.4 Å². The zero-order chi connectivity index (χ0) is 13.1. The van der Waals surface area contributed by atoms with Crippen LogP contribution >= 0.6 is 22.7 Å². The van der Waals surface area contributed by atoms with Gasteiger partial charge in [-0.15, -0.1) is 11.3 Å². The molecule has 0 saturated carbocycles. The molecule has 0 aliphatic carbocycles. The Kier molecular flexibility index (Phi) is 3.98. The van der Waals surface area contributed by atoms with Crippen molar-refractivity contribution < 1.29 is 19.1 Å². The van der Waals surface area contributed by atoms with E-state index in [9.17, 15) is 9.59 Å². The van der Waals surface area contributed by atoms with Crippen LogP contribution in [0.1, 0.15) is 33.9 Å². The molecule has 2 heterocycles. The van der Waals surface area contributed by atoms with Crippen molar-refractivity contribution in [1.29, 1.82) is 0 Å². The van der Waals surface area contributed by atoms with E-state index in [4.69, 9.17) is 9.47 Å². The van der Waals surface area contributed by atoms with Crippen LogP contribution in [-0.4, -0.2) is 25.2 Å². The number of thiophene rings is 2. The van der Waals surface area contributed by atoms with Crippen LogP contribution in [0.25, 0.3) is 10.1 Å². The molecule has 0 unspecified atom stereocenters. The fraction of sp³-hybridized carbons (Fsp3) is 0.333. The smallest absolute Gasteiger partial charge is 0.349 e. The number of esters is 2. The predicted molar refractivity (Wildman–Crippen MR) is 71.6 cm³/mol. The van der Waals surface area contributed by atoms with Crippen molar-refractivity contribution in [1.82, 2.24) is 0 Å². The summed E-state index contributed by atoms with van der Waals surface area (Å²) in [6, 6.07) is 0. The van der Waals surface area contributed by atoms with Gasteiger partial charge in [-0.1, -0.05) is 0 Å². The quantitative estimate of drug-likeness (QED) is 0.808. The summed E-state index contributed by atoms with van der Waals surface area (Å²) in [7, 11) is 0. The van der Waals surface area contributed by atoms with Crippen molar-refractivity contribution in [3.63, 3.8) is 0 Å². The molecular formula is C12H12O4S2. The highest BCUT2D eigenvalue weighted by Crippen LogP contribution is 2.35. The van der Waals surface area contributed by atoms with E-state index in [2.05, 4.69) is 0 Å². The van der Waals surface area contributed by atoms with Crippen LogP contribution in [0.5, 0.6) is 0 Å². The Morgan fingerprint density at radius 1 is 1.11 bits per heavy atom. The minimum atomic E-state index is -0.467. The van der Waals surface area contributed by atoms with Gasteiger partial charge in [0.25, 0.3) is 0 Å². The Bertz CT molecular complexity index is 582. The zero-order valence-electron chi connectivity index (χ0n) is 10.0. The molecule has 0 bridgehead atoms. The summed E-state index contributed by atoms with van der Waals surface area (Å²) in [4.78, 5) is 24.1. The van der Waals surface area contributed by atoms with Crippen molar-refractivity contribution in [2.75, 3.05) is 13.2 Å². The van der Waals surface area contributed by atoms with Crippen LogP contribution in [0.4, 0.5) is 0 Å². The van der Waals surface area contributed by atoms with Crippen molar-refractivity contribution in [3.05, 3.63) is 21.2 Å². The molecule has 96 valence electrons. The molecule has 0 aliphatic rings. The van der Waals surface area contributed by atoms with Gasteiger partial charge in [-0.2, -0.15) is 11.3 Å². The Hall–Kier alpha value is -1.40. The Morgan fingerprint density at radius 2 is 1.78 bits per heavy atom. The second-order valence-electron chi connectivity index (χ2n) is 3.40. The highest BCUT2D eigenvalue weighted by atomic mass is 32.1. The third-order valence-electron chi connectivity index (χ3n) is 2.28. The Morgan fingerprint density at radius 3 is 2.44 bits per heavy atom. The van der Waals surface area contributed by atoms with Crippen LogP contribution in [-0.2, 0) is 9.47 Å². The first-order valence-electron chi connectivity index (χ1n) is 5.52. The lowest BCUT2D eigenvalue weighted by atomic mass is 10.2. The largest absolute Gasteiger partial charge is 0.462 e. The van der Waals surface area contributed by atoms with E-state index in [1.165, 1.54) is 22.7 Å². The molecule has 0 aliphatic heterocycles. The molecule has 0 saturated heterocycles. The van der Waals surface area contributed by atoms with Gasteiger partial charge in [0.05, 0.1) is 18.8 Å². The fourth-order valence-electron chi connectivity index (χ4n) is 1.58. The van der Waals surface area contributed by atoms with Gasteiger partial charge in [0, 0.05) is 20.8 Å². The number of ether oxygens (including phenoxy) is 2. The maximum Gasteiger partial charge on any atom is 0.349 e. The van der Waals surface area contributed by atoms with Crippen LogP contribution in [0.2, 0.25) is 0 Å². The summed E-state index contributed by atoms with van der Waals surface area (Å²) < 4.78 is 10.9. The molecule has 0 N–H and O–H groups in total. The van der Waals surface area contributed by atoms with E-state index < -0.39 is 11.9 Å². The van der Waals surface area contributed by atoms with Gasteiger partial charge in [-0.05, 0) is 13.8 Å². The van der Waals surface area contributed by atoms with Crippen molar-refractivity contribution >= 4 is 44.7 Å². The zero-order valence-corrected chi connectivity index (χ0v) is 11.7. The van der Waals surface area contributed by atoms with Crippen molar-refractivity contribution in [3.8, 4) is 0 Å². The number of hydrogen-bond acceptors (Lipinski definition) is 6. The first-order valence-corrected chi connectivity index (χ1v) is 7.27. The summed E-state index contributed by atoms with van der Waals surface area (Å²) in [6.07, 6.45) is 0. The van der Waals surface area contributed by atoms with Crippen LogP contribution in [0, 0.1) is 0 Å². The normalized spacial score (nSPS) is 10.6. The van der Waals surface area contributed by atoms with Gasteiger partial charge >= 0.3 is 11.9 Å². The lowest BCUT2D eigenvalue weighted by Crippen LogP contribution is -2.11. The van der Waals surface area contributed by atoms with Crippen LogP contribution in [0.3, 0.4) is 0 Å². The van der Waals surface area contributed by atoms with E-state index in [-0.39, 0.29) is 13.2 Å². The maximum atomic E-state index is 11.9.